The van der Waals surface area contributed by atoms with Crippen molar-refractivity contribution in [3.8, 4) is 5.75 Å². The predicted octanol–water partition coefficient (Wildman–Crippen LogP) is 8.75. The molecule has 0 saturated carbocycles. The zero-order chi connectivity index (χ0) is 25.5. The number of fused-ring (bicyclic) bond motifs is 4. The molecule has 3 aromatic carbocycles. The average molecular weight is 542 g/mol. The lowest BCUT2D eigenvalue weighted by Gasteiger charge is -2.19. The van der Waals surface area contributed by atoms with Crippen LogP contribution >= 0.6 is 34.4 Å². The number of thiazole rings is 1. The summed E-state index contributed by atoms with van der Waals surface area (Å²) < 4.78 is 9.41. The normalized spacial score (nSPS) is 14.8. The quantitative estimate of drug-likeness (QED) is 0.200. The zero-order valence-corrected chi connectivity index (χ0v) is 23.9. The van der Waals surface area contributed by atoms with Crippen molar-refractivity contribution < 1.29 is 9.30 Å². The first-order valence-corrected chi connectivity index (χ1v) is 15.1. The number of thiophene rings is 1. The van der Waals surface area contributed by atoms with Gasteiger partial charge >= 0.3 is 0 Å². The number of ether oxygens (including phenoxy) is 1. The molecule has 186 valence electrons. The SMILES string of the molecule is CCN1C(=CC(=Cc2sc3ccc4ccccc4c3[n+]2CC)c2cccs2)Sc2cc(OC)c(C)cc21. The average Bonchev–Trinajstić information content (AvgIpc) is 3.64. The van der Waals surface area contributed by atoms with E-state index in [2.05, 4.69) is 108 Å². The van der Waals surface area contributed by atoms with Crippen molar-refractivity contribution in [2.45, 2.75) is 32.2 Å². The Labute approximate surface area is 230 Å². The van der Waals surface area contributed by atoms with E-state index < -0.39 is 0 Å². The van der Waals surface area contributed by atoms with E-state index >= 15 is 0 Å². The number of benzene rings is 3. The van der Waals surface area contributed by atoms with Gasteiger partial charge in [-0.25, -0.2) is 0 Å². The Hall–Kier alpha value is -3.06. The van der Waals surface area contributed by atoms with E-state index in [4.69, 9.17) is 4.74 Å². The van der Waals surface area contributed by atoms with Gasteiger partial charge in [0.25, 0.3) is 5.01 Å². The molecule has 3 nitrogen and oxygen atoms in total. The van der Waals surface area contributed by atoms with Crippen LogP contribution in [-0.2, 0) is 6.54 Å². The molecule has 0 atom stereocenters. The zero-order valence-electron chi connectivity index (χ0n) is 21.4. The van der Waals surface area contributed by atoms with Gasteiger partial charge in [0.1, 0.15) is 17.0 Å². The Kier molecular flexibility index (Phi) is 6.57. The minimum absolute atomic E-state index is 0.916. The number of anilines is 1. The number of allylic oxidation sites excluding steroid dienone is 2. The van der Waals surface area contributed by atoms with Crippen molar-refractivity contribution in [2.24, 2.45) is 0 Å². The van der Waals surface area contributed by atoms with E-state index in [1.807, 2.05) is 23.1 Å². The number of hydrogen-bond donors (Lipinski definition) is 0. The Bertz CT molecular complexity index is 1680. The van der Waals surface area contributed by atoms with Crippen molar-refractivity contribution in [1.82, 2.24) is 0 Å². The Balaban J connectivity index is 1.51. The van der Waals surface area contributed by atoms with E-state index in [1.165, 1.54) is 52.1 Å². The summed E-state index contributed by atoms with van der Waals surface area (Å²) in [6, 6.07) is 22.0. The molecule has 0 unspecified atom stereocenters. The fraction of sp³-hybridized carbons (Fsp3) is 0.194. The van der Waals surface area contributed by atoms with Crippen LogP contribution in [0.15, 0.2) is 82.0 Å². The molecule has 2 aromatic heterocycles. The van der Waals surface area contributed by atoms with Crippen LogP contribution in [0, 0.1) is 6.92 Å². The molecule has 0 amide bonds. The fourth-order valence-corrected chi connectivity index (χ4v) is 8.17. The summed E-state index contributed by atoms with van der Waals surface area (Å²) in [5.74, 6) is 0.944. The highest BCUT2D eigenvalue weighted by atomic mass is 32.2. The van der Waals surface area contributed by atoms with Gasteiger partial charge in [-0.2, -0.15) is 4.57 Å². The number of nitrogens with zero attached hydrogens (tertiary/aromatic N) is 2. The van der Waals surface area contributed by atoms with Gasteiger partial charge in [0.2, 0.25) is 5.52 Å². The number of aryl methyl sites for hydroxylation is 2. The van der Waals surface area contributed by atoms with Gasteiger partial charge in [-0.05, 0) is 73.5 Å². The predicted molar refractivity (Wildman–Crippen MR) is 162 cm³/mol. The lowest BCUT2D eigenvalue weighted by atomic mass is 10.1. The molecule has 0 aliphatic carbocycles. The fourth-order valence-electron chi connectivity index (χ4n) is 5.07. The van der Waals surface area contributed by atoms with Crippen LogP contribution in [0.25, 0.3) is 32.6 Å². The highest BCUT2D eigenvalue weighted by molar-refractivity contribution is 8.03. The topological polar surface area (TPSA) is 16.4 Å². The van der Waals surface area contributed by atoms with Crippen LogP contribution in [0.5, 0.6) is 5.75 Å². The van der Waals surface area contributed by atoms with Crippen LogP contribution in [0.4, 0.5) is 5.69 Å². The van der Waals surface area contributed by atoms with Gasteiger partial charge in [-0.1, -0.05) is 53.4 Å². The van der Waals surface area contributed by atoms with Crippen molar-refractivity contribution in [3.63, 3.8) is 0 Å². The first kappa shape index (κ1) is 24.3. The van der Waals surface area contributed by atoms with Crippen LogP contribution in [0.1, 0.15) is 29.3 Å². The minimum atomic E-state index is 0.916. The molecule has 3 heterocycles. The maximum atomic E-state index is 5.62. The van der Waals surface area contributed by atoms with Crippen LogP contribution in [0.2, 0.25) is 0 Å². The summed E-state index contributed by atoms with van der Waals surface area (Å²) in [6.07, 6.45) is 4.75. The number of aromatic nitrogens is 1. The third-order valence-electron chi connectivity index (χ3n) is 6.86. The largest absolute Gasteiger partial charge is 0.496 e. The van der Waals surface area contributed by atoms with E-state index in [0.717, 1.165) is 24.4 Å². The molecule has 6 heteroatoms. The van der Waals surface area contributed by atoms with Crippen molar-refractivity contribution in [1.29, 1.82) is 0 Å². The summed E-state index contributed by atoms with van der Waals surface area (Å²) in [4.78, 5) is 4.94. The van der Waals surface area contributed by atoms with Gasteiger partial charge in [-0.15, -0.1) is 11.3 Å². The van der Waals surface area contributed by atoms with Crippen molar-refractivity contribution in [3.05, 3.63) is 92.6 Å². The second kappa shape index (κ2) is 10.0. The molecule has 0 spiro atoms. The molecule has 0 bridgehead atoms. The molecular weight excluding hydrogens is 513 g/mol. The third-order valence-corrected chi connectivity index (χ3v) is 9.97. The number of hydrogen-bond acceptors (Lipinski definition) is 5. The first-order valence-electron chi connectivity index (χ1n) is 12.6. The highest BCUT2D eigenvalue weighted by Gasteiger charge is 2.27. The molecule has 1 aliphatic rings. The first-order chi connectivity index (χ1) is 18.1. The molecule has 1 aliphatic heterocycles. The van der Waals surface area contributed by atoms with Gasteiger partial charge < -0.3 is 9.64 Å². The second-order valence-corrected chi connectivity index (χ2v) is 12.1. The van der Waals surface area contributed by atoms with Crippen LogP contribution in [-0.4, -0.2) is 13.7 Å². The maximum Gasteiger partial charge on any atom is 0.263 e. The summed E-state index contributed by atoms with van der Waals surface area (Å²) >= 11 is 5.49. The van der Waals surface area contributed by atoms with Gasteiger partial charge in [0.15, 0.2) is 0 Å². The molecule has 5 aromatic rings. The summed E-state index contributed by atoms with van der Waals surface area (Å²) in [7, 11) is 1.75. The molecule has 37 heavy (non-hydrogen) atoms. The number of methoxy groups -OCH3 is 1. The standard InChI is InChI=1S/C31H29N2OS3/c1-5-32-24-16-20(3)25(34-4)19-28(24)37-29(32)17-22(26-12-9-15-35-26)18-30-33(6-2)31-23-11-8-7-10-21(23)13-14-27(31)36-30/h7-19H,5-6H2,1-4H3/q+1. The van der Waals surface area contributed by atoms with E-state index in [1.54, 1.807) is 18.4 Å². The van der Waals surface area contributed by atoms with Crippen molar-refractivity contribution in [2.75, 3.05) is 18.6 Å². The van der Waals surface area contributed by atoms with E-state index in [0.29, 0.717) is 0 Å². The maximum absolute atomic E-state index is 5.62. The lowest BCUT2D eigenvalue weighted by Crippen LogP contribution is -2.33. The lowest BCUT2D eigenvalue weighted by molar-refractivity contribution is -0.664. The molecule has 0 radical (unpaired) electrons. The molecule has 0 fully saturated rings. The minimum Gasteiger partial charge on any atom is -0.496 e. The third kappa shape index (κ3) is 4.27. The molecule has 6 rings (SSSR count). The monoisotopic (exact) mass is 541 g/mol. The summed E-state index contributed by atoms with van der Waals surface area (Å²) in [5.41, 5.74) is 5.00. The molecule has 0 N–H and O–H groups in total. The van der Waals surface area contributed by atoms with E-state index in [-0.39, 0.29) is 0 Å². The van der Waals surface area contributed by atoms with Gasteiger partial charge in [-0.3, -0.25) is 0 Å². The van der Waals surface area contributed by atoms with Crippen LogP contribution in [0.3, 0.4) is 0 Å². The molecular formula is C31H29N2OS3+. The summed E-state index contributed by atoms with van der Waals surface area (Å²) in [6.45, 7) is 8.42. The highest BCUT2D eigenvalue weighted by Crippen LogP contribution is 2.49. The van der Waals surface area contributed by atoms with Crippen molar-refractivity contribution >= 4 is 72.8 Å². The van der Waals surface area contributed by atoms with E-state index in [9.17, 15) is 0 Å². The second-order valence-electron chi connectivity index (χ2n) is 9.01. The van der Waals surface area contributed by atoms with Gasteiger partial charge in [0.05, 0.1) is 23.2 Å². The summed E-state index contributed by atoms with van der Waals surface area (Å²) in [5, 5.41) is 7.29. The Morgan fingerprint density at radius 1 is 1.05 bits per heavy atom. The smallest absolute Gasteiger partial charge is 0.263 e. The Morgan fingerprint density at radius 2 is 1.92 bits per heavy atom. The van der Waals surface area contributed by atoms with Crippen LogP contribution < -0.4 is 14.2 Å². The number of thioether (sulfide) groups is 1. The van der Waals surface area contributed by atoms with Gasteiger partial charge in [0, 0.05) is 28.0 Å². The molecule has 0 saturated heterocycles. The number of rotatable bonds is 6. The Morgan fingerprint density at radius 3 is 2.68 bits per heavy atom.